The Morgan fingerprint density at radius 1 is 0.676 bits per heavy atom. The van der Waals surface area contributed by atoms with Crippen LogP contribution in [0.4, 0.5) is 0 Å². The van der Waals surface area contributed by atoms with Gasteiger partial charge in [0, 0.05) is 0 Å². The summed E-state index contributed by atoms with van der Waals surface area (Å²) in [5, 5.41) is 9.09. The number of unbranched alkanes of at least 4 members (excludes halogenated alkanes) is 13. The molecule has 0 saturated carbocycles. The number of hydrogen-bond acceptors (Lipinski definition) is 3. The molecule has 0 bridgehead atoms. The van der Waals surface area contributed by atoms with Crippen LogP contribution in [-0.4, -0.2) is 17.7 Å². The number of phenolic OH excluding ortho intramolecular Hbond substituents is 1. The minimum absolute atomic E-state index is 0. The van der Waals surface area contributed by atoms with Crippen LogP contribution in [0.2, 0.25) is 0 Å². The molecule has 1 rings (SSSR count). The van der Waals surface area contributed by atoms with Crippen LogP contribution >= 0.6 is 0 Å². The second-order valence-electron chi connectivity index (χ2n) is 7.11. The molecule has 0 fully saturated rings. The number of carbonyl (C=O) groups is 1. The van der Waals surface area contributed by atoms with E-state index in [9.17, 15) is 4.79 Å². The fraction of sp³-hybridized carbons (Fsp3) is 0.552. The summed E-state index contributed by atoms with van der Waals surface area (Å²) in [5.74, 6) is -0.458. The zero-order valence-corrected chi connectivity index (χ0v) is 29.8. The SMILES string of the molecule is CCCCCCCCCCCCCCCCOC(=O)c1c[c-]c(O)[c-]c1.[CH3-].[CH3-].[CH3-].[CH3-].[CH3-].[CH3-].[Ce+4].[Ce+4]. The van der Waals surface area contributed by atoms with Gasteiger partial charge >= 0.3 is 83.5 Å². The summed E-state index contributed by atoms with van der Waals surface area (Å²) in [6, 6.07) is 7.93. The van der Waals surface area contributed by atoms with Crippen molar-refractivity contribution in [2.24, 2.45) is 0 Å². The summed E-state index contributed by atoms with van der Waals surface area (Å²) in [6.07, 6.45) is 18.4. The number of phenols is 1. The van der Waals surface area contributed by atoms with Crippen molar-refractivity contribution in [3.8, 4) is 5.75 Å². The summed E-state index contributed by atoms with van der Waals surface area (Å²) in [4.78, 5) is 11.7. The Hall–Kier alpha value is 1.24. The third-order valence-electron chi connectivity index (χ3n) is 4.70. The molecule has 0 radical (unpaired) electrons. The van der Waals surface area contributed by atoms with Gasteiger partial charge in [-0.3, -0.25) is 16.9 Å². The summed E-state index contributed by atoms with van der Waals surface area (Å²) in [5.41, 5.74) is 0.383. The molecule has 1 aromatic rings. The molecule has 0 amide bonds. The Kier molecular flexibility index (Phi) is 67.8. The molecule has 0 unspecified atom stereocenters. The largest absolute Gasteiger partial charge is 4.00 e. The van der Waals surface area contributed by atoms with E-state index < -0.39 is 0 Å². The molecule has 196 valence electrons. The van der Waals surface area contributed by atoms with Crippen LogP contribution < -0.4 is 0 Å². The second kappa shape index (κ2) is 41.4. The van der Waals surface area contributed by atoms with Crippen molar-refractivity contribution < 1.29 is 98.1 Å². The topological polar surface area (TPSA) is 46.5 Å². The van der Waals surface area contributed by atoms with E-state index in [2.05, 4.69) is 19.1 Å². The molecule has 0 heterocycles. The number of hydrogen-bond donors (Lipinski definition) is 1. The van der Waals surface area contributed by atoms with Gasteiger partial charge in [0.25, 0.3) is 0 Å². The molecular formula is C29H54Ce2O3. The Morgan fingerprint density at radius 3 is 1.35 bits per heavy atom. The fourth-order valence-corrected chi connectivity index (χ4v) is 3.04. The number of rotatable bonds is 16. The fourth-order valence-electron chi connectivity index (χ4n) is 3.04. The van der Waals surface area contributed by atoms with Crippen molar-refractivity contribution in [1.82, 2.24) is 0 Å². The van der Waals surface area contributed by atoms with Gasteiger partial charge < -0.3 is 66.5 Å². The van der Waals surface area contributed by atoms with Crippen molar-refractivity contribution >= 4 is 5.97 Å². The molecule has 0 saturated heterocycles. The predicted molar refractivity (Wildman–Crippen MR) is 145 cm³/mol. The minimum Gasteiger partial charge on any atom is -0.559 e. The van der Waals surface area contributed by atoms with Gasteiger partial charge in [-0.05, 0) is 6.42 Å². The number of esters is 1. The molecule has 0 aliphatic carbocycles. The average molecular weight is 731 g/mol. The Balaban J connectivity index is -0.000000141. The van der Waals surface area contributed by atoms with Crippen LogP contribution in [0.25, 0.3) is 0 Å². The Bertz CT molecular complexity index is 465. The molecule has 0 aliphatic heterocycles. The van der Waals surface area contributed by atoms with Crippen molar-refractivity contribution in [2.45, 2.75) is 96.8 Å². The first kappa shape index (κ1) is 55.7. The zero-order chi connectivity index (χ0) is 18.9. The van der Waals surface area contributed by atoms with E-state index in [-0.39, 0.29) is 140 Å². The number of ether oxygens (including phenoxy) is 1. The maximum atomic E-state index is 11.7. The van der Waals surface area contributed by atoms with Crippen LogP contribution in [0.15, 0.2) is 12.1 Å². The van der Waals surface area contributed by atoms with Gasteiger partial charge in [-0.15, -0.1) is 5.75 Å². The predicted octanol–water partition coefficient (Wildman–Crippen LogP) is 9.33. The number of carbonyl (C=O) groups excluding carboxylic acids is 1. The Morgan fingerprint density at radius 2 is 1.00 bits per heavy atom. The normalized spacial score (nSPS) is 8.26. The van der Waals surface area contributed by atoms with Crippen molar-refractivity contribution in [1.29, 1.82) is 0 Å². The van der Waals surface area contributed by atoms with Crippen molar-refractivity contribution in [3.05, 3.63) is 74.4 Å². The smallest absolute Gasteiger partial charge is 0.559 e. The summed E-state index contributed by atoms with van der Waals surface area (Å²) in [7, 11) is 0. The van der Waals surface area contributed by atoms with Crippen LogP contribution in [0.3, 0.4) is 0 Å². The first-order valence-electron chi connectivity index (χ1n) is 10.5. The molecule has 34 heavy (non-hydrogen) atoms. The van der Waals surface area contributed by atoms with E-state index in [0.29, 0.717) is 12.2 Å². The molecule has 5 heteroatoms. The molecular weight excluding hydrogens is 677 g/mol. The van der Waals surface area contributed by atoms with E-state index in [1.807, 2.05) is 0 Å². The first-order valence-corrected chi connectivity index (χ1v) is 10.5. The minimum atomic E-state index is -0.368. The van der Waals surface area contributed by atoms with E-state index >= 15 is 0 Å². The number of benzene rings is 1. The summed E-state index contributed by atoms with van der Waals surface area (Å²) >= 11 is 0. The quantitative estimate of drug-likeness (QED) is 0.105. The van der Waals surface area contributed by atoms with Gasteiger partial charge in [-0.2, -0.15) is 5.56 Å². The van der Waals surface area contributed by atoms with Crippen LogP contribution in [0, 0.1) is 140 Å². The van der Waals surface area contributed by atoms with E-state index in [4.69, 9.17) is 9.84 Å². The molecule has 1 N–H and O–H groups in total. The zero-order valence-electron chi connectivity index (χ0n) is 23.5. The monoisotopic (exact) mass is 730 g/mol. The van der Waals surface area contributed by atoms with Gasteiger partial charge in [0.2, 0.25) is 5.97 Å². The maximum Gasteiger partial charge on any atom is 4.00 e. The Labute approximate surface area is 284 Å². The third-order valence-corrected chi connectivity index (χ3v) is 4.70. The van der Waals surface area contributed by atoms with Gasteiger partial charge in [0.1, 0.15) is 0 Å². The third kappa shape index (κ3) is 33.2. The average Bonchev–Trinajstić information content (AvgIpc) is 2.65. The first-order chi connectivity index (χ1) is 12.7. The van der Waals surface area contributed by atoms with Gasteiger partial charge in [0.15, 0.2) is 0 Å². The molecule has 0 spiro atoms. The van der Waals surface area contributed by atoms with Crippen molar-refractivity contribution in [3.63, 3.8) is 0 Å². The van der Waals surface area contributed by atoms with Crippen LogP contribution in [0.1, 0.15) is 107 Å². The summed E-state index contributed by atoms with van der Waals surface area (Å²) < 4.78 is 5.21. The van der Waals surface area contributed by atoms with E-state index in [1.165, 1.54) is 89.2 Å². The molecule has 3 nitrogen and oxygen atoms in total. The van der Waals surface area contributed by atoms with Crippen LogP contribution in [0.5, 0.6) is 5.75 Å². The standard InChI is InChI=1S/C23H36O3.6CH3.2Ce/c1-2-3-4-5-6-7-8-9-10-11-12-13-14-15-20-26-23(25)21-16-18-22(24)19-17-21;;;;;;;;/h16-17,24H,2-15,20H2,1H3;6*1H3;;/q-2;6*-1;2*+4. The summed E-state index contributed by atoms with van der Waals surface area (Å²) in [6.45, 7) is 2.72. The maximum absolute atomic E-state index is 11.7. The second-order valence-corrected chi connectivity index (χ2v) is 7.11. The molecule has 0 aliphatic rings. The van der Waals surface area contributed by atoms with Gasteiger partial charge in [0.05, 0.1) is 6.61 Å². The molecule has 1 aromatic carbocycles. The van der Waals surface area contributed by atoms with Crippen molar-refractivity contribution in [2.75, 3.05) is 6.61 Å². The van der Waals surface area contributed by atoms with E-state index in [0.717, 1.165) is 12.8 Å². The van der Waals surface area contributed by atoms with Crippen LogP contribution in [-0.2, 0) is 4.74 Å². The van der Waals surface area contributed by atoms with Gasteiger partial charge in [-0.25, -0.2) is 0 Å². The molecule has 0 aromatic heterocycles. The van der Waals surface area contributed by atoms with Gasteiger partial charge in [-0.1, -0.05) is 90.4 Å². The molecule has 0 atom stereocenters. The number of aromatic hydroxyl groups is 1. The van der Waals surface area contributed by atoms with E-state index in [1.54, 1.807) is 0 Å².